The molecule has 1 aliphatic rings. The largest absolute Gasteiger partial charge is 0.300 e. The highest BCUT2D eigenvalue weighted by Crippen LogP contribution is 2.33. The lowest BCUT2D eigenvalue weighted by Gasteiger charge is -2.29. The van der Waals surface area contributed by atoms with Gasteiger partial charge in [0.2, 0.25) is 0 Å². The highest BCUT2D eigenvalue weighted by molar-refractivity contribution is 5.99. The third-order valence-corrected chi connectivity index (χ3v) is 5.73. The summed E-state index contributed by atoms with van der Waals surface area (Å²) in [6.07, 6.45) is 11.1. The van der Waals surface area contributed by atoms with Crippen LogP contribution in [0.5, 0.6) is 0 Å². The maximum atomic E-state index is 12.6. The normalized spacial score (nSPS) is 24.9. The van der Waals surface area contributed by atoms with E-state index in [2.05, 4.69) is 26.0 Å². The van der Waals surface area contributed by atoms with Crippen molar-refractivity contribution in [2.75, 3.05) is 0 Å². The Bertz CT molecular complexity index is 582. The standard InChI is InChI=1S/C24H38O3/c1-6-8-21(23(7-2)24(27)14-19(5)25)15-20-12-11-17(3)9-10-18(4)13-22(26)16-20/h9-10,20-21,23H,6-8,11-16H2,1-5H3/b17-9-,18-10-. The molecular weight excluding hydrogens is 336 g/mol. The molecule has 152 valence electrons. The number of allylic oxidation sites excluding steroid dienone is 4. The average molecular weight is 375 g/mol. The second-order valence-corrected chi connectivity index (χ2v) is 8.49. The quantitative estimate of drug-likeness (QED) is 0.464. The molecule has 1 rings (SSSR count). The Balaban J connectivity index is 2.93. The summed E-state index contributed by atoms with van der Waals surface area (Å²) in [5.74, 6) is 0.878. The molecular formula is C24H38O3. The molecule has 0 saturated carbocycles. The molecule has 0 amide bonds. The second kappa shape index (κ2) is 12.0. The summed E-state index contributed by atoms with van der Waals surface area (Å²) in [7, 11) is 0. The van der Waals surface area contributed by atoms with Crippen molar-refractivity contribution in [1.82, 2.24) is 0 Å². The molecule has 0 N–H and O–H groups in total. The third kappa shape index (κ3) is 8.81. The maximum Gasteiger partial charge on any atom is 0.143 e. The summed E-state index contributed by atoms with van der Waals surface area (Å²) in [6.45, 7) is 9.86. The number of rotatable bonds is 9. The highest BCUT2D eigenvalue weighted by atomic mass is 16.1. The van der Waals surface area contributed by atoms with Gasteiger partial charge in [0, 0.05) is 18.8 Å². The Hall–Kier alpha value is -1.51. The van der Waals surface area contributed by atoms with Crippen LogP contribution < -0.4 is 0 Å². The van der Waals surface area contributed by atoms with Crippen molar-refractivity contribution in [3.63, 3.8) is 0 Å². The second-order valence-electron chi connectivity index (χ2n) is 8.49. The van der Waals surface area contributed by atoms with E-state index in [0.717, 1.165) is 44.1 Å². The van der Waals surface area contributed by atoms with Crippen LogP contribution in [0, 0.1) is 17.8 Å². The predicted octanol–water partition coefficient (Wildman–Crippen LogP) is 6.02. The molecule has 1 aliphatic carbocycles. The van der Waals surface area contributed by atoms with E-state index in [0.29, 0.717) is 24.5 Å². The first kappa shape index (κ1) is 23.5. The van der Waals surface area contributed by atoms with Gasteiger partial charge in [-0.15, -0.1) is 0 Å². The Labute approximate surface area is 165 Å². The van der Waals surface area contributed by atoms with E-state index in [9.17, 15) is 14.4 Å². The van der Waals surface area contributed by atoms with Crippen molar-refractivity contribution >= 4 is 17.3 Å². The van der Waals surface area contributed by atoms with Gasteiger partial charge in [-0.3, -0.25) is 14.4 Å². The van der Waals surface area contributed by atoms with Crippen LogP contribution in [0.1, 0.15) is 92.4 Å². The first-order valence-corrected chi connectivity index (χ1v) is 10.6. The zero-order valence-electron chi connectivity index (χ0n) is 18.0. The number of carbonyl (C=O) groups is 3. The van der Waals surface area contributed by atoms with Gasteiger partial charge < -0.3 is 0 Å². The minimum Gasteiger partial charge on any atom is -0.300 e. The molecule has 0 aromatic heterocycles. The van der Waals surface area contributed by atoms with Gasteiger partial charge in [-0.1, -0.05) is 50.0 Å². The number of ketones is 3. The molecule has 0 spiro atoms. The molecule has 0 saturated heterocycles. The van der Waals surface area contributed by atoms with Crippen molar-refractivity contribution in [1.29, 1.82) is 0 Å². The average Bonchev–Trinajstić information content (AvgIpc) is 2.57. The summed E-state index contributed by atoms with van der Waals surface area (Å²) in [5, 5.41) is 0. The molecule has 0 bridgehead atoms. The van der Waals surface area contributed by atoms with Crippen LogP contribution in [0.4, 0.5) is 0 Å². The molecule has 3 atom stereocenters. The van der Waals surface area contributed by atoms with Gasteiger partial charge in [0.25, 0.3) is 0 Å². The van der Waals surface area contributed by atoms with Gasteiger partial charge in [-0.25, -0.2) is 0 Å². The van der Waals surface area contributed by atoms with E-state index in [1.54, 1.807) is 0 Å². The van der Waals surface area contributed by atoms with Crippen LogP contribution in [-0.4, -0.2) is 17.3 Å². The molecule has 27 heavy (non-hydrogen) atoms. The Morgan fingerprint density at radius 3 is 2.41 bits per heavy atom. The number of hydrogen-bond donors (Lipinski definition) is 0. The van der Waals surface area contributed by atoms with Crippen LogP contribution >= 0.6 is 0 Å². The molecule has 0 heterocycles. The first-order chi connectivity index (χ1) is 12.8. The molecule has 0 aliphatic heterocycles. The summed E-state index contributed by atoms with van der Waals surface area (Å²) < 4.78 is 0. The molecule has 3 heteroatoms. The lowest BCUT2D eigenvalue weighted by Crippen LogP contribution is -2.27. The van der Waals surface area contributed by atoms with Gasteiger partial charge in [-0.2, -0.15) is 0 Å². The molecule has 0 aromatic rings. The first-order valence-electron chi connectivity index (χ1n) is 10.6. The Morgan fingerprint density at radius 1 is 1.15 bits per heavy atom. The Morgan fingerprint density at radius 2 is 1.81 bits per heavy atom. The van der Waals surface area contributed by atoms with Crippen LogP contribution in [0.25, 0.3) is 0 Å². The number of hydrogen-bond acceptors (Lipinski definition) is 3. The van der Waals surface area contributed by atoms with Crippen molar-refractivity contribution in [3.8, 4) is 0 Å². The number of Topliss-reactive ketones (excluding diaryl/α,β-unsaturated/α-hetero) is 3. The lowest BCUT2D eigenvalue weighted by atomic mass is 9.75. The zero-order chi connectivity index (χ0) is 20.4. The molecule has 0 aromatic carbocycles. The van der Waals surface area contributed by atoms with Crippen molar-refractivity contribution in [2.45, 2.75) is 92.4 Å². The lowest BCUT2D eigenvalue weighted by molar-refractivity contribution is -0.129. The van der Waals surface area contributed by atoms with Gasteiger partial charge in [-0.05, 0) is 58.3 Å². The van der Waals surface area contributed by atoms with E-state index in [-0.39, 0.29) is 29.8 Å². The van der Waals surface area contributed by atoms with E-state index in [1.165, 1.54) is 12.5 Å². The zero-order valence-corrected chi connectivity index (χ0v) is 18.0. The van der Waals surface area contributed by atoms with Crippen LogP contribution in [0.3, 0.4) is 0 Å². The topological polar surface area (TPSA) is 51.2 Å². The summed E-state index contributed by atoms with van der Waals surface area (Å²) in [5.41, 5.74) is 2.47. The Kier molecular flexibility index (Phi) is 10.5. The van der Waals surface area contributed by atoms with Gasteiger partial charge in [0.15, 0.2) is 0 Å². The summed E-state index contributed by atoms with van der Waals surface area (Å²) in [6, 6.07) is 0. The minimum atomic E-state index is -0.0578. The fraction of sp³-hybridized carbons (Fsp3) is 0.708. The van der Waals surface area contributed by atoms with E-state index < -0.39 is 0 Å². The van der Waals surface area contributed by atoms with E-state index in [4.69, 9.17) is 0 Å². The van der Waals surface area contributed by atoms with Gasteiger partial charge in [0.1, 0.15) is 17.3 Å². The van der Waals surface area contributed by atoms with E-state index >= 15 is 0 Å². The predicted molar refractivity (Wildman–Crippen MR) is 112 cm³/mol. The molecule has 3 unspecified atom stereocenters. The van der Waals surface area contributed by atoms with Crippen molar-refractivity contribution in [2.24, 2.45) is 17.8 Å². The van der Waals surface area contributed by atoms with E-state index in [1.807, 2.05) is 13.8 Å². The minimum absolute atomic E-state index is 0.0498. The van der Waals surface area contributed by atoms with Gasteiger partial charge >= 0.3 is 0 Å². The fourth-order valence-corrected chi connectivity index (χ4v) is 4.35. The van der Waals surface area contributed by atoms with Crippen molar-refractivity contribution < 1.29 is 14.4 Å². The van der Waals surface area contributed by atoms with Gasteiger partial charge in [0.05, 0.1) is 6.42 Å². The maximum absolute atomic E-state index is 12.6. The van der Waals surface area contributed by atoms with Crippen LogP contribution in [-0.2, 0) is 14.4 Å². The smallest absolute Gasteiger partial charge is 0.143 e. The molecule has 0 radical (unpaired) electrons. The third-order valence-electron chi connectivity index (χ3n) is 5.73. The van der Waals surface area contributed by atoms with Crippen LogP contribution in [0.2, 0.25) is 0 Å². The fourth-order valence-electron chi connectivity index (χ4n) is 4.35. The monoisotopic (exact) mass is 374 g/mol. The number of carbonyl (C=O) groups excluding carboxylic acids is 3. The van der Waals surface area contributed by atoms with Crippen molar-refractivity contribution in [3.05, 3.63) is 23.3 Å². The SMILES string of the molecule is CCCC(CC1CC/C(C)=C\C=C(\C)CC(=O)C1)C(CC)C(=O)CC(C)=O. The summed E-state index contributed by atoms with van der Waals surface area (Å²) >= 11 is 0. The molecule has 0 fully saturated rings. The highest BCUT2D eigenvalue weighted by Gasteiger charge is 2.29. The van der Waals surface area contributed by atoms with Crippen LogP contribution in [0.15, 0.2) is 23.3 Å². The summed E-state index contributed by atoms with van der Waals surface area (Å²) in [4.78, 5) is 36.5. The molecule has 3 nitrogen and oxygen atoms in total.